The van der Waals surface area contributed by atoms with Crippen molar-refractivity contribution in [2.45, 2.75) is 18.7 Å². The van der Waals surface area contributed by atoms with Crippen molar-refractivity contribution in [2.24, 2.45) is 0 Å². The van der Waals surface area contributed by atoms with E-state index in [4.69, 9.17) is 10.3 Å². The van der Waals surface area contributed by atoms with Crippen LogP contribution in [0, 0.1) is 13.8 Å². The van der Waals surface area contributed by atoms with Gasteiger partial charge in [-0.25, -0.2) is 0 Å². The molecule has 2 aromatic rings. The first kappa shape index (κ1) is 13.5. The number of anilines is 2. The molecule has 0 bridgehead atoms. The zero-order valence-corrected chi connectivity index (χ0v) is 11.6. The number of carbonyl (C=O) groups is 1. The normalized spacial score (nSPS) is 10.4. The lowest BCUT2D eigenvalue weighted by molar-refractivity contribution is -0.113. The predicted molar refractivity (Wildman–Crippen MR) is 76.2 cm³/mol. The van der Waals surface area contributed by atoms with Crippen molar-refractivity contribution >= 4 is 29.2 Å². The maximum absolute atomic E-state index is 11.7. The Labute approximate surface area is 115 Å². The minimum Gasteiger partial charge on any atom is -0.398 e. The maximum atomic E-state index is 11.7. The van der Waals surface area contributed by atoms with E-state index in [0.717, 1.165) is 10.5 Å². The summed E-state index contributed by atoms with van der Waals surface area (Å²) in [6.07, 6.45) is 0. The number of nitrogens with two attached hydrogens (primary N) is 1. The van der Waals surface area contributed by atoms with Crippen LogP contribution in [-0.2, 0) is 4.79 Å². The number of nitrogens with zero attached hydrogens (tertiary/aromatic N) is 1. The van der Waals surface area contributed by atoms with Crippen LogP contribution in [0.5, 0.6) is 0 Å². The lowest BCUT2D eigenvalue weighted by atomic mass is 10.2. The molecule has 3 N–H and O–H groups in total. The summed E-state index contributed by atoms with van der Waals surface area (Å²) in [5, 5.41) is 6.36. The van der Waals surface area contributed by atoms with Crippen molar-refractivity contribution in [3.63, 3.8) is 0 Å². The number of aryl methyl sites for hydroxylation is 2. The number of thioether (sulfide) groups is 1. The summed E-state index contributed by atoms with van der Waals surface area (Å²) in [5.41, 5.74) is 7.65. The van der Waals surface area contributed by atoms with Gasteiger partial charge < -0.3 is 15.6 Å². The first-order valence-electron chi connectivity index (χ1n) is 5.76. The smallest absolute Gasteiger partial charge is 0.235 e. The molecule has 0 aliphatic rings. The van der Waals surface area contributed by atoms with E-state index in [-0.39, 0.29) is 11.7 Å². The Balaban J connectivity index is 1.91. The van der Waals surface area contributed by atoms with Crippen molar-refractivity contribution in [3.8, 4) is 0 Å². The molecule has 0 aliphatic heterocycles. The summed E-state index contributed by atoms with van der Waals surface area (Å²) in [4.78, 5) is 12.6. The van der Waals surface area contributed by atoms with Gasteiger partial charge in [-0.05, 0) is 31.5 Å². The second-order valence-electron chi connectivity index (χ2n) is 4.20. The molecule has 0 spiro atoms. The molecule has 1 heterocycles. The second-order valence-corrected chi connectivity index (χ2v) is 5.22. The van der Waals surface area contributed by atoms with Crippen LogP contribution in [0.1, 0.15) is 11.3 Å². The number of amides is 1. The van der Waals surface area contributed by atoms with Gasteiger partial charge in [0.1, 0.15) is 5.76 Å². The quantitative estimate of drug-likeness (QED) is 0.663. The molecule has 19 heavy (non-hydrogen) atoms. The molecule has 0 aliphatic carbocycles. The summed E-state index contributed by atoms with van der Waals surface area (Å²) >= 11 is 1.40. The highest BCUT2D eigenvalue weighted by Gasteiger charge is 2.08. The van der Waals surface area contributed by atoms with E-state index in [9.17, 15) is 4.79 Å². The highest BCUT2D eigenvalue weighted by molar-refractivity contribution is 8.00. The van der Waals surface area contributed by atoms with Gasteiger partial charge in [0.2, 0.25) is 5.91 Å². The Kier molecular flexibility index (Phi) is 4.11. The summed E-state index contributed by atoms with van der Waals surface area (Å²) in [5.74, 6) is 1.23. The first-order chi connectivity index (χ1) is 9.04. The van der Waals surface area contributed by atoms with E-state index in [1.165, 1.54) is 11.8 Å². The van der Waals surface area contributed by atoms with Gasteiger partial charge >= 0.3 is 0 Å². The number of nitrogen functional groups attached to an aromatic ring is 1. The van der Waals surface area contributed by atoms with E-state index in [2.05, 4.69) is 10.5 Å². The molecule has 0 unspecified atom stereocenters. The minimum atomic E-state index is -0.140. The van der Waals surface area contributed by atoms with E-state index >= 15 is 0 Å². The van der Waals surface area contributed by atoms with Crippen LogP contribution in [0.15, 0.2) is 33.7 Å². The highest BCUT2D eigenvalue weighted by atomic mass is 32.2. The molecule has 5 nitrogen and oxygen atoms in total. The first-order valence-corrected chi connectivity index (χ1v) is 6.75. The number of hydrogen-bond donors (Lipinski definition) is 2. The Morgan fingerprint density at radius 1 is 1.42 bits per heavy atom. The summed E-state index contributed by atoms with van der Waals surface area (Å²) in [7, 11) is 0. The molecule has 0 saturated heterocycles. The minimum absolute atomic E-state index is 0.140. The highest BCUT2D eigenvalue weighted by Crippen LogP contribution is 2.26. The third-order valence-corrected chi connectivity index (χ3v) is 3.49. The summed E-state index contributed by atoms with van der Waals surface area (Å²) in [6, 6.07) is 7.42. The van der Waals surface area contributed by atoms with Crippen molar-refractivity contribution in [3.05, 3.63) is 35.6 Å². The second kappa shape index (κ2) is 5.79. The average molecular weight is 277 g/mol. The van der Waals surface area contributed by atoms with Crippen LogP contribution >= 0.6 is 11.8 Å². The third-order valence-electron chi connectivity index (χ3n) is 2.42. The molecular formula is C13H15N3O2S. The molecule has 1 aromatic heterocycles. The van der Waals surface area contributed by atoms with Crippen LogP contribution in [0.4, 0.5) is 11.5 Å². The zero-order chi connectivity index (χ0) is 13.8. The molecule has 100 valence electrons. The lowest BCUT2D eigenvalue weighted by Gasteiger charge is -2.06. The SMILES string of the molecule is Cc1ccc(N)c(SCC(=O)Nc2cc(C)on2)c1. The third kappa shape index (κ3) is 3.75. The van der Waals surface area contributed by atoms with Crippen LogP contribution < -0.4 is 11.1 Å². The molecule has 0 radical (unpaired) electrons. The average Bonchev–Trinajstić information content (AvgIpc) is 2.76. The largest absolute Gasteiger partial charge is 0.398 e. The standard InChI is InChI=1S/C13H15N3O2S/c1-8-3-4-10(14)11(5-8)19-7-13(17)15-12-6-9(2)18-16-12/h3-6H,7,14H2,1-2H3,(H,15,16,17). The predicted octanol–water partition coefficient (Wildman–Crippen LogP) is 2.60. The van der Waals surface area contributed by atoms with Crippen molar-refractivity contribution in [2.75, 3.05) is 16.8 Å². The van der Waals surface area contributed by atoms with Crippen molar-refractivity contribution in [1.29, 1.82) is 0 Å². The summed E-state index contributed by atoms with van der Waals surface area (Å²) in [6.45, 7) is 3.76. The summed E-state index contributed by atoms with van der Waals surface area (Å²) < 4.78 is 4.87. The van der Waals surface area contributed by atoms with Gasteiger partial charge in [-0.15, -0.1) is 11.8 Å². The Hall–Kier alpha value is -1.95. The molecule has 1 aromatic carbocycles. The number of benzene rings is 1. The van der Waals surface area contributed by atoms with Gasteiger partial charge in [0, 0.05) is 16.6 Å². The molecule has 0 saturated carbocycles. The number of rotatable bonds is 4. The lowest BCUT2D eigenvalue weighted by Crippen LogP contribution is -2.14. The van der Waals surface area contributed by atoms with Crippen molar-refractivity contribution < 1.29 is 9.32 Å². The number of nitrogens with one attached hydrogen (secondary N) is 1. The number of aromatic nitrogens is 1. The topological polar surface area (TPSA) is 81.2 Å². The molecule has 0 atom stereocenters. The fraction of sp³-hybridized carbons (Fsp3) is 0.231. The van der Waals surface area contributed by atoms with Crippen LogP contribution in [0.2, 0.25) is 0 Å². The molecule has 0 fully saturated rings. The monoisotopic (exact) mass is 277 g/mol. The Morgan fingerprint density at radius 3 is 2.89 bits per heavy atom. The van der Waals surface area contributed by atoms with Crippen LogP contribution in [0.25, 0.3) is 0 Å². The van der Waals surface area contributed by atoms with Gasteiger partial charge in [-0.3, -0.25) is 4.79 Å². The van der Waals surface area contributed by atoms with E-state index < -0.39 is 0 Å². The van der Waals surface area contributed by atoms with Gasteiger partial charge in [0.25, 0.3) is 0 Å². The fourth-order valence-electron chi connectivity index (χ4n) is 1.51. The number of hydrogen-bond acceptors (Lipinski definition) is 5. The molecule has 1 amide bonds. The van der Waals surface area contributed by atoms with E-state index in [1.807, 2.05) is 25.1 Å². The Bertz CT molecular complexity index is 595. The van der Waals surface area contributed by atoms with Crippen LogP contribution in [-0.4, -0.2) is 16.8 Å². The fourth-order valence-corrected chi connectivity index (χ4v) is 2.38. The molecular weight excluding hydrogens is 262 g/mol. The molecule has 2 rings (SSSR count). The van der Waals surface area contributed by atoms with Crippen molar-refractivity contribution in [1.82, 2.24) is 5.16 Å². The van der Waals surface area contributed by atoms with E-state index in [0.29, 0.717) is 17.3 Å². The zero-order valence-electron chi connectivity index (χ0n) is 10.8. The van der Waals surface area contributed by atoms with Gasteiger partial charge in [-0.1, -0.05) is 11.2 Å². The Morgan fingerprint density at radius 2 is 2.21 bits per heavy atom. The van der Waals surface area contributed by atoms with E-state index in [1.54, 1.807) is 13.0 Å². The maximum Gasteiger partial charge on any atom is 0.235 e. The number of carbonyl (C=O) groups excluding carboxylic acids is 1. The van der Waals surface area contributed by atoms with Gasteiger partial charge in [0.15, 0.2) is 5.82 Å². The molecule has 6 heteroatoms. The van der Waals surface area contributed by atoms with Gasteiger partial charge in [0.05, 0.1) is 5.75 Å². The van der Waals surface area contributed by atoms with Gasteiger partial charge in [-0.2, -0.15) is 0 Å². The van der Waals surface area contributed by atoms with Crippen LogP contribution in [0.3, 0.4) is 0 Å².